The van der Waals surface area contributed by atoms with E-state index < -0.39 is 0 Å². The zero-order chi connectivity index (χ0) is 37.3. The molecule has 0 aliphatic rings. The highest BCUT2D eigenvalue weighted by atomic mass is 16.3. The van der Waals surface area contributed by atoms with E-state index in [1.807, 2.05) is 12.1 Å². The first-order chi connectivity index (χ1) is 27.8. The average Bonchev–Trinajstić information content (AvgIpc) is 3.66. The lowest BCUT2D eigenvalue weighted by atomic mass is 9.89. The molecule has 0 fully saturated rings. The van der Waals surface area contributed by atoms with Crippen LogP contribution in [-0.2, 0) is 0 Å². The van der Waals surface area contributed by atoms with Gasteiger partial charge in [0.05, 0.1) is 5.69 Å². The van der Waals surface area contributed by atoms with Crippen LogP contribution in [0.3, 0.4) is 0 Å². The third-order valence-electron chi connectivity index (χ3n) is 10.7. The van der Waals surface area contributed by atoms with Crippen LogP contribution in [0.5, 0.6) is 0 Å². The number of nitrogens with zero attached hydrogens (tertiary/aromatic N) is 1. The van der Waals surface area contributed by atoms with Crippen molar-refractivity contribution in [2.24, 2.45) is 0 Å². The second kappa shape index (κ2) is 14.4. The van der Waals surface area contributed by atoms with Crippen LogP contribution in [-0.4, -0.2) is 0 Å². The van der Waals surface area contributed by atoms with Crippen molar-refractivity contribution >= 4 is 39.0 Å². The molecule has 0 saturated heterocycles. The van der Waals surface area contributed by atoms with Crippen LogP contribution in [0, 0.1) is 0 Å². The van der Waals surface area contributed by atoms with Gasteiger partial charge in [0.2, 0.25) is 0 Å². The molecule has 0 atom stereocenters. The van der Waals surface area contributed by atoms with Crippen LogP contribution >= 0.6 is 0 Å². The number of para-hydroxylation sites is 1. The summed E-state index contributed by atoms with van der Waals surface area (Å²) in [6.45, 7) is 0. The Balaban J connectivity index is 1.23. The van der Waals surface area contributed by atoms with Gasteiger partial charge in [-0.05, 0) is 99.1 Å². The number of fused-ring (bicyclic) bond motifs is 3. The first-order valence-electron chi connectivity index (χ1n) is 19.1. The SMILES string of the molecule is c1ccc(-c2cccc(-c3ccc(N(c4ccc5oc6ccccc6c5c4)c4c(-c5ccccc5)cc(-c5ccccc5)cc4-c4ccccc4)cc3)c2)cc1. The predicted molar refractivity (Wildman–Crippen MR) is 236 cm³/mol. The fourth-order valence-corrected chi connectivity index (χ4v) is 7.92. The number of hydrogen-bond acceptors (Lipinski definition) is 2. The molecule has 0 radical (unpaired) electrons. The molecule has 0 unspecified atom stereocenters. The lowest BCUT2D eigenvalue weighted by Gasteiger charge is -2.31. The minimum Gasteiger partial charge on any atom is -0.456 e. The third kappa shape index (κ3) is 6.24. The summed E-state index contributed by atoms with van der Waals surface area (Å²) >= 11 is 0. The van der Waals surface area contributed by atoms with Crippen molar-refractivity contribution in [3.63, 3.8) is 0 Å². The first-order valence-corrected chi connectivity index (χ1v) is 19.1. The second-order valence-corrected chi connectivity index (χ2v) is 14.1. The highest BCUT2D eigenvalue weighted by Crippen LogP contribution is 2.49. The summed E-state index contributed by atoms with van der Waals surface area (Å²) < 4.78 is 6.34. The maximum Gasteiger partial charge on any atom is 0.135 e. The minimum atomic E-state index is 0.870. The lowest BCUT2D eigenvalue weighted by molar-refractivity contribution is 0.669. The van der Waals surface area contributed by atoms with Crippen molar-refractivity contribution in [1.82, 2.24) is 0 Å². The van der Waals surface area contributed by atoms with Gasteiger partial charge >= 0.3 is 0 Å². The van der Waals surface area contributed by atoms with Gasteiger partial charge in [-0.25, -0.2) is 0 Å². The summed E-state index contributed by atoms with van der Waals surface area (Å²) in [4.78, 5) is 2.44. The molecule has 0 bridgehead atoms. The first kappa shape index (κ1) is 33.2. The van der Waals surface area contributed by atoms with E-state index in [2.05, 4.69) is 217 Å². The Morgan fingerprint density at radius 3 is 1.30 bits per heavy atom. The Bertz CT molecular complexity index is 2870. The van der Waals surface area contributed by atoms with Crippen LogP contribution in [0.2, 0.25) is 0 Å². The molecule has 0 aliphatic carbocycles. The fraction of sp³-hybridized carbons (Fsp3) is 0. The van der Waals surface area contributed by atoms with Crippen molar-refractivity contribution < 1.29 is 4.42 Å². The van der Waals surface area contributed by atoms with E-state index >= 15 is 0 Å². The number of benzene rings is 9. The Labute approximate surface area is 327 Å². The molecule has 0 N–H and O–H groups in total. The van der Waals surface area contributed by atoms with Crippen LogP contribution in [0.4, 0.5) is 17.1 Å². The van der Waals surface area contributed by atoms with E-state index in [4.69, 9.17) is 4.42 Å². The molecule has 10 aromatic rings. The summed E-state index contributed by atoms with van der Waals surface area (Å²) in [6, 6.07) is 80.3. The quantitative estimate of drug-likeness (QED) is 0.156. The predicted octanol–water partition coefficient (Wildman–Crippen LogP) is 15.4. The van der Waals surface area contributed by atoms with E-state index in [1.54, 1.807) is 0 Å². The molecular formula is C54H37NO. The van der Waals surface area contributed by atoms with Crippen molar-refractivity contribution in [3.05, 3.63) is 224 Å². The van der Waals surface area contributed by atoms with E-state index in [-0.39, 0.29) is 0 Å². The smallest absolute Gasteiger partial charge is 0.135 e. The Morgan fingerprint density at radius 1 is 0.268 bits per heavy atom. The van der Waals surface area contributed by atoms with Gasteiger partial charge in [0.1, 0.15) is 11.2 Å². The normalized spacial score (nSPS) is 11.2. The van der Waals surface area contributed by atoms with Crippen LogP contribution in [0.1, 0.15) is 0 Å². The van der Waals surface area contributed by atoms with E-state index in [0.29, 0.717) is 0 Å². The highest BCUT2D eigenvalue weighted by Gasteiger charge is 2.24. The van der Waals surface area contributed by atoms with Crippen LogP contribution in [0.25, 0.3) is 77.6 Å². The lowest BCUT2D eigenvalue weighted by Crippen LogP contribution is -2.13. The van der Waals surface area contributed by atoms with E-state index in [1.165, 1.54) is 22.3 Å². The molecule has 9 aromatic carbocycles. The van der Waals surface area contributed by atoms with Crippen LogP contribution < -0.4 is 4.90 Å². The summed E-state index contributed by atoms with van der Waals surface area (Å²) in [6.07, 6.45) is 0. The number of furan rings is 1. The summed E-state index contributed by atoms with van der Waals surface area (Å²) in [5, 5.41) is 2.19. The third-order valence-corrected chi connectivity index (χ3v) is 10.7. The van der Waals surface area contributed by atoms with Crippen molar-refractivity contribution in [2.75, 3.05) is 4.90 Å². The van der Waals surface area contributed by atoms with Gasteiger partial charge in [-0.1, -0.05) is 170 Å². The Morgan fingerprint density at radius 2 is 0.714 bits per heavy atom. The summed E-state index contributed by atoms with van der Waals surface area (Å²) in [5.41, 5.74) is 16.6. The average molecular weight is 716 g/mol. The molecule has 10 rings (SSSR count). The largest absolute Gasteiger partial charge is 0.456 e. The van der Waals surface area contributed by atoms with E-state index in [0.717, 1.165) is 72.4 Å². The molecule has 2 nitrogen and oxygen atoms in total. The van der Waals surface area contributed by atoms with Gasteiger partial charge in [-0.15, -0.1) is 0 Å². The van der Waals surface area contributed by atoms with Gasteiger partial charge in [-0.2, -0.15) is 0 Å². The van der Waals surface area contributed by atoms with E-state index in [9.17, 15) is 0 Å². The molecule has 1 heterocycles. The molecule has 2 heteroatoms. The van der Waals surface area contributed by atoms with Crippen molar-refractivity contribution in [3.8, 4) is 55.6 Å². The van der Waals surface area contributed by atoms with Gasteiger partial charge < -0.3 is 9.32 Å². The number of hydrogen-bond donors (Lipinski definition) is 0. The molecule has 56 heavy (non-hydrogen) atoms. The molecule has 0 spiro atoms. The maximum atomic E-state index is 6.34. The number of rotatable bonds is 8. The van der Waals surface area contributed by atoms with Crippen LogP contribution in [0.15, 0.2) is 229 Å². The highest BCUT2D eigenvalue weighted by molar-refractivity contribution is 6.08. The van der Waals surface area contributed by atoms with Gasteiger partial charge in [0.15, 0.2) is 0 Å². The minimum absolute atomic E-state index is 0.870. The fourth-order valence-electron chi connectivity index (χ4n) is 7.92. The zero-order valence-corrected chi connectivity index (χ0v) is 30.7. The van der Waals surface area contributed by atoms with Crippen molar-refractivity contribution in [2.45, 2.75) is 0 Å². The molecule has 0 saturated carbocycles. The summed E-state index contributed by atoms with van der Waals surface area (Å²) in [7, 11) is 0. The summed E-state index contributed by atoms with van der Waals surface area (Å²) in [5.74, 6) is 0. The molecular weight excluding hydrogens is 679 g/mol. The molecule has 264 valence electrons. The van der Waals surface area contributed by atoms with Crippen molar-refractivity contribution in [1.29, 1.82) is 0 Å². The van der Waals surface area contributed by atoms with Gasteiger partial charge in [0, 0.05) is 33.3 Å². The molecule has 1 aromatic heterocycles. The molecule has 0 amide bonds. The molecule has 0 aliphatic heterocycles. The second-order valence-electron chi connectivity index (χ2n) is 14.1. The Hall–Kier alpha value is -7.42. The topological polar surface area (TPSA) is 16.4 Å². The number of anilines is 3. The Kier molecular flexibility index (Phi) is 8.55. The monoisotopic (exact) mass is 715 g/mol. The zero-order valence-electron chi connectivity index (χ0n) is 30.7. The standard InChI is InChI=1S/C54H37NO/c1-5-16-38(17-6-1)43-24-15-25-44(34-43)40-28-30-46(31-29-40)55(47-32-33-53-51(37-47)48-26-13-14-27-52(48)56-53)54-49(41-20-9-3-10-21-41)35-45(39-18-7-2-8-19-39)36-50(54)42-22-11-4-12-23-42/h1-37H. The van der Waals surface area contributed by atoms with Gasteiger partial charge in [-0.3, -0.25) is 0 Å². The van der Waals surface area contributed by atoms with Gasteiger partial charge in [0.25, 0.3) is 0 Å². The maximum absolute atomic E-state index is 6.34.